The Kier molecular flexibility index (Phi) is 11.1. The van der Waals surface area contributed by atoms with E-state index in [0.29, 0.717) is 11.1 Å². The van der Waals surface area contributed by atoms with E-state index in [0.717, 1.165) is 0 Å². The van der Waals surface area contributed by atoms with Gasteiger partial charge in [0.1, 0.15) is 11.7 Å². The van der Waals surface area contributed by atoms with Gasteiger partial charge in [-0.15, -0.1) is 0 Å². The first-order chi connectivity index (χ1) is 12.7. The van der Waals surface area contributed by atoms with Crippen LogP contribution >= 0.6 is 0 Å². The summed E-state index contributed by atoms with van der Waals surface area (Å²) in [4.78, 5) is 0. The second-order valence-corrected chi connectivity index (χ2v) is 10.4. The van der Waals surface area contributed by atoms with Gasteiger partial charge in [0.05, 0.1) is 36.6 Å². The summed E-state index contributed by atoms with van der Waals surface area (Å²) in [7, 11) is 0. The molecule has 4 aliphatic rings. The van der Waals surface area contributed by atoms with E-state index in [2.05, 4.69) is 0 Å². The van der Waals surface area contributed by atoms with Gasteiger partial charge in [-0.1, -0.05) is 27.7 Å². The van der Waals surface area contributed by atoms with Crippen molar-refractivity contribution in [1.29, 1.82) is 0 Å². The standard InChI is InChI=1S/C21H34O7.3Ac/c1-9-11(22)7-21(27)10(2)16-19(5,12(23)6-13-20(16,26)8-28-13)17(25)15(24)14(9)18(21,3)4;;;/h10-13,15-17,22-27H,6-8H2,1-5H3;;;/t10-,11?,12?,13?,15?,16?,17?,19+,20?,21?;;;/m0.../s1. The van der Waals surface area contributed by atoms with E-state index < -0.39 is 64.4 Å². The van der Waals surface area contributed by atoms with Gasteiger partial charge in [0.25, 0.3) is 0 Å². The number of aliphatic hydroxyl groups is 6. The molecule has 169 valence electrons. The van der Waals surface area contributed by atoms with E-state index in [9.17, 15) is 30.6 Å². The van der Waals surface area contributed by atoms with Crippen LogP contribution in [-0.4, -0.2) is 79.0 Å². The number of hydrogen-bond acceptors (Lipinski definition) is 7. The molecule has 31 heavy (non-hydrogen) atoms. The minimum atomic E-state index is -1.46. The van der Waals surface area contributed by atoms with Crippen LogP contribution in [0.2, 0.25) is 0 Å². The molecule has 4 rings (SSSR count). The molecule has 0 spiro atoms. The molecule has 2 bridgehead atoms. The van der Waals surface area contributed by atoms with Crippen molar-refractivity contribution in [2.45, 2.75) is 89.2 Å². The zero-order chi connectivity index (χ0) is 21.0. The zero-order valence-corrected chi connectivity index (χ0v) is 33.2. The van der Waals surface area contributed by atoms with Crippen molar-refractivity contribution in [3.05, 3.63) is 11.1 Å². The third-order valence-corrected chi connectivity index (χ3v) is 9.11. The van der Waals surface area contributed by atoms with E-state index in [1.807, 2.05) is 20.8 Å². The van der Waals surface area contributed by atoms with Crippen LogP contribution in [0.5, 0.6) is 0 Å². The average Bonchev–Trinajstić information content (AvgIpc) is 2.60. The van der Waals surface area contributed by atoms with Crippen LogP contribution in [-0.2, 0) is 4.74 Å². The zero-order valence-electron chi connectivity index (χ0n) is 19.0. The summed E-state index contributed by atoms with van der Waals surface area (Å²) in [6.07, 6.45) is -5.10. The van der Waals surface area contributed by atoms with Gasteiger partial charge in [0, 0.05) is 162 Å². The van der Waals surface area contributed by atoms with E-state index in [1.54, 1.807) is 13.8 Å². The molecule has 3 aliphatic carbocycles. The summed E-state index contributed by atoms with van der Waals surface area (Å²) in [5, 5.41) is 67.7. The van der Waals surface area contributed by atoms with Crippen molar-refractivity contribution >= 4 is 0 Å². The smallest absolute Gasteiger partial charge is 0.118 e. The van der Waals surface area contributed by atoms with E-state index in [4.69, 9.17) is 4.74 Å². The Hall–Kier alpha value is 3.78. The molecule has 1 aliphatic heterocycles. The van der Waals surface area contributed by atoms with Gasteiger partial charge in [-0.3, -0.25) is 0 Å². The Balaban J connectivity index is 0.00000160. The van der Waals surface area contributed by atoms with E-state index in [-0.39, 0.29) is 152 Å². The normalized spacial score (nSPS) is 52.5. The fourth-order valence-corrected chi connectivity index (χ4v) is 7.23. The monoisotopic (exact) mass is 1080 g/mol. The molecule has 2 saturated carbocycles. The Morgan fingerprint density at radius 2 is 1.52 bits per heavy atom. The van der Waals surface area contributed by atoms with Crippen LogP contribution in [0.25, 0.3) is 0 Å². The molecule has 1 heterocycles. The Morgan fingerprint density at radius 3 is 2.00 bits per heavy atom. The van der Waals surface area contributed by atoms with Crippen molar-refractivity contribution in [1.82, 2.24) is 0 Å². The van der Waals surface area contributed by atoms with E-state index in [1.165, 1.54) is 0 Å². The Labute approximate surface area is 291 Å². The maximum Gasteiger partial charge on any atom is 0.118 e. The predicted molar refractivity (Wildman–Crippen MR) is 100 cm³/mol. The van der Waals surface area contributed by atoms with Crippen LogP contribution in [0.4, 0.5) is 0 Å². The largest absolute Gasteiger partial charge is 0.392 e. The van der Waals surface area contributed by atoms with Gasteiger partial charge in [0.15, 0.2) is 0 Å². The molecule has 7 nitrogen and oxygen atoms in total. The molecule has 0 amide bonds. The van der Waals surface area contributed by atoms with Crippen molar-refractivity contribution in [3.63, 3.8) is 0 Å². The molecular formula is C21H34Ac3O7. The van der Waals surface area contributed by atoms with Gasteiger partial charge in [0.2, 0.25) is 0 Å². The van der Waals surface area contributed by atoms with Gasteiger partial charge in [-0.25, -0.2) is 0 Å². The third-order valence-electron chi connectivity index (χ3n) is 9.11. The average molecular weight is 1080 g/mol. The van der Waals surface area contributed by atoms with Crippen LogP contribution in [0.1, 0.15) is 47.5 Å². The Morgan fingerprint density at radius 1 is 0.968 bits per heavy atom. The molecule has 10 heteroatoms. The number of ether oxygens (including phenoxy) is 1. The minimum Gasteiger partial charge on any atom is -0.392 e. The molecule has 8 unspecified atom stereocenters. The van der Waals surface area contributed by atoms with Crippen LogP contribution < -0.4 is 0 Å². The first kappa shape index (κ1) is 32.8. The second kappa shape index (κ2) is 10.5. The van der Waals surface area contributed by atoms with Crippen molar-refractivity contribution in [2.75, 3.05) is 6.61 Å². The number of fused-ring (bicyclic) bond motifs is 5. The quantitative estimate of drug-likeness (QED) is 0.184. The van der Waals surface area contributed by atoms with Gasteiger partial charge in [-0.05, 0) is 24.0 Å². The first-order valence-corrected chi connectivity index (χ1v) is 10.2. The number of rotatable bonds is 0. The molecule has 3 fully saturated rings. The fourth-order valence-electron chi connectivity index (χ4n) is 7.23. The Bertz CT molecular complexity index is 734. The molecule has 1 saturated heterocycles. The second-order valence-electron chi connectivity index (χ2n) is 10.4. The summed E-state index contributed by atoms with van der Waals surface area (Å²) in [5.74, 6) is -1.32. The predicted octanol–water partition coefficient (Wildman–Crippen LogP) is -0.287. The summed E-state index contributed by atoms with van der Waals surface area (Å²) >= 11 is 0. The third kappa shape index (κ3) is 4.23. The van der Waals surface area contributed by atoms with Gasteiger partial charge >= 0.3 is 0 Å². The van der Waals surface area contributed by atoms with Crippen molar-refractivity contribution in [2.24, 2.45) is 22.7 Å². The summed E-state index contributed by atoms with van der Waals surface area (Å²) in [5.41, 5.74) is -4.02. The minimum absolute atomic E-state index is 0. The maximum atomic E-state index is 12.0. The molecule has 6 N–H and O–H groups in total. The van der Waals surface area contributed by atoms with E-state index >= 15 is 0 Å². The maximum absolute atomic E-state index is 12.0. The molecule has 10 atom stereocenters. The van der Waals surface area contributed by atoms with Crippen molar-refractivity contribution in [3.8, 4) is 0 Å². The number of hydrogen-bond donors (Lipinski definition) is 6. The molecule has 0 aromatic rings. The fraction of sp³-hybridized carbons (Fsp3) is 0.905. The molecule has 0 aromatic carbocycles. The molecule has 3 radical (unpaired) electrons. The first-order valence-electron chi connectivity index (χ1n) is 10.2. The SMILES string of the molecule is CC1=C2C(O)C(O)[C@]3(C)C(O)CC4OCC4(O)C3[C@H](C)C(O)(CC1O)C2(C)C.[Ac].[Ac].[Ac]. The molecular weight excluding hydrogens is 1050 g/mol. The van der Waals surface area contributed by atoms with Crippen molar-refractivity contribution < 1.29 is 168 Å². The van der Waals surface area contributed by atoms with Crippen LogP contribution in [0.15, 0.2) is 11.1 Å². The van der Waals surface area contributed by atoms with Crippen LogP contribution in [0, 0.1) is 155 Å². The van der Waals surface area contributed by atoms with Gasteiger partial charge in [-0.2, -0.15) is 0 Å². The van der Waals surface area contributed by atoms with Gasteiger partial charge < -0.3 is 35.4 Å². The van der Waals surface area contributed by atoms with Crippen LogP contribution in [0.3, 0.4) is 0 Å². The summed E-state index contributed by atoms with van der Waals surface area (Å²) in [6.45, 7) is 8.88. The summed E-state index contributed by atoms with van der Waals surface area (Å²) in [6, 6.07) is 0. The summed E-state index contributed by atoms with van der Waals surface area (Å²) < 4.78 is 5.52. The molecule has 0 aromatic heterocycles. The topological polar surface area (TPSA) is 131 Å². The number of aliphatic hydroxyl groups excluding tert-OH is 4.